The zero-order valence-electron chi connectivity index (χ0n) is 11.2. The fourth-order valence-corrected chi connectivity index (χ4v) is 2.60. The zero-order valence-corrected chi connectivity index (χ0v) is 13.6. The van der Waals surface area contributed by atoms with Crippen molar-refractivity contribution >= 4 is 38.9 Å². The number of nitrogens with one attached hydrogen (secondary N) is 1. The van der Waals surface area contributed by atoms with Gasteiger partial charge in [-0.2, -0.15) is 0 Å². The van der Waals surface area contributed by atoms with Crippen molar-refractivity contribution in [1.29, 1.82) is 0 Å². The standard InChI is InChI=1S/C15H10BrN3O2S/c16-10-2-1-3-12(6-10)21-14-5-4-11(7-17-14)19-15(20)13-8-22-9-18-13/h1-9H,(H,19,20). The molecule has 5 nitrogen and oxygen atoms in total. The van der Waals surface area contributed by atoms with Gasteiger partial charge in [-0.1, -0.05) is 22.0 Å². The van der Waals surface area contributed by atoms with Gasteiger partial charge in [-0.25, -0.2) is 9.97 Å². The molecule has 0 bridgehead atoms. The Balaban J connectivity index is 1.66. The minimum Gasteiger partial charge on any atom is -0.439 e. The largest absolute Gasteiger partial charge is 0.439 e. The Kier molecular flexibility index (Phi) is 4.45. The Morgan fingerprint density at radius 1 is 1.23 bits per heavy atom. The predicted octanol–water partition coefficient (Wildman–Crippen LogP) is 4.35. The second-order valence-electron chi connectivity index (χ2n) is 4.27. The van der Waals surface area contributed by atoms with E-state index >= 15 is 0 Å². The van der Waals surface area contributed by atoms with Crippen molar-refractivity contribution in [1.82, 2.24) is 9.97 Å². The SMILES string of the molecule is O=C(Nc1ccc(Oc2cccc(Br)c2)nc1)c1cscn1. The number of benzene rings is 1. The van der Waals surface area contributed by atoms with Crippen molar-refractivity contribution in [3.05, 3.63) is 63.7 Å². The number of anilines is 1. The van der Waals surface area contributed by atoms with Gasteiger partial charge in [0, 0.05) is 15.9 Å². The Morgan fingerprint density at radius 3 is 2.82 bits per heavy atom. The first-order valence-electron chi connectivity index (χ1n) is 6.30. The number of hydrogen-bond acceptors (Lipinski definition) is 5. The molecule has 0 unspecified atom stereocenters. The third-order valence-corrected chi connectivity index (χ3v) is 3.76. The van der Waals surface area contributed by atoms with Crippen molar-refractivity contribution in [3.63, 3.8) is 0 Å². The van der Waals surface area contributed by atoms with Gasteiger partial charge in [0.25, 0.3) is 5.91 Å². The number of pyridine rings is 1. The molecule has 0 aliphatic rings. The van der Waals surface area contributed by atoms with E-state index in [9.17, 15) is 4.79 Å². The summed E-state index contributed by atoms with van der Waals surface area (Å²) in [5, 5.41) is 4.41. The Labute approximate surface area is 139 Å². The van der Waals surface area contributed by atoms with Crippen LogP contribution >= 0.6 is 27.3 Å². The summed E-state index contributed by atoms with van der Waals surface area (Å²) in [6, 6.07) is 10.9. The van der Waals surface area contributed by atoms with Crippen LogP contribution in [0.1, 0.15) is 10.5 Å². The van der Waals surface area contributed by atoms with E-state index in [1.54, 1.807) is 23.0 Å². The highest BCUT2D eigenvalue weighted by Crippen LogP contribution is 2.23. The maximum absolute atomic E-state index is 11.9. The van der Waals surface area contributed by atoms with E-state index in [1.807, 2.05) is 24.3 Å². The van der Waals surface area contributed by atoms with E-state index in [-0.39, 0.29) is 5.91 Å². The molecule has 0 fully saturated rings. The highest BCUT2D eigenvalue weighted by Gasteiger charge is 2.08. The fourth-order valence-electron chi connectivity index (χ4n) is 1.69. The van der Waals surface area contributed by atoms with Crippen molar-refractivity contribution < 1.29 is 9.53 Å². The normalized spacial score (nSPS) is 10.2. The first-order valence-corrected chi connectivity index (χ1v) is 8.03. The second kappa shape index (κ2) is 6.67. The van der Waals surface area contributed by atoms with Crippen molar-refractivity contribution in [2.75, 3.05) is 5.32 Å². The number of carbonyl (C=O) groups is 1. The number of hydrogen-bond donors (Lipinski definition) is 1. The van der Waals surface area contributed by atoms with E-state index in [0.29, 0.717) is 23.0 Å². The highest BCUT2D eigenvalue weighted by atomic mass is 79.9. The van der Waals surface area contributed by atoms with Gasteiger partial charge in [0.1, 0.15) is 11.4 Å². The van der Waals surface area contributed by atoms with Crippen LogP contribution in [0.3, 0.4) is 0 Å². The lowest BCUT2D eigenvalue weighted by Crippen LogP contribution is -2.12. The van der Waals surface area contributed by atoms with E-state index in [1.165, 1.54) is 17.5 Å². The number of rotatable bonds is 4. The molecule has 1 amide bonds. The lowest BCUT2D eigenvalue weighted by atomic mass is 10.3. The molecule has 1 aromatic carbocycles. The number of aromatic nitrogens is 2. The van der Waals surface area contributed by atoms with Gasteiger partial charge in [0.15, 0.2) is 0 Å². The van der Waals surface area contributed by atoms with Crippen molar-refractivity contribution in [3.8, 4) is 11.6 Å². The maximum Gasteiger partial charge on any atom is 0.275 e. The van der Waals surface area contributed by atoms with E-state index in [2.05, 4.69) is 31.2 Å². The average molecular weight is 376 g/mol. The summed E-state index contributed by atoms with van der Waals surface area (Å²) in [5.74, 6) is 0.870. The molecule has 1 N–H and O–H groups in total. The van der Waals surface area contributed by atoms with E-state index in [4.69, 9.17) is 4.74 Å². The molecule has 2 aromatic heterocycles. The molecule has 0 aliphatic heterocycles. The van der Waals surface area contributed by atoms with Crippen LogP contribution in [0.2, 0.25) is 0 Å². The molecule has 0 spiro atoms. The number of ether oxygens (including phenoxy) is 1. The van der Waals surface area contributed by atoms with Gasteiger partial charge in [-0.15, -0.1) is 11.3 Å². The molecule has 0 aliphatic carbocycles. The minimum absolute atomic E-state index is 0.260. The summed E-state index contributed by atoms with van der Waals surface area (Å²) in [6.45, 7) is 0. The second-order valence-corrected chi connectivity index (χ2v) is 5.91. The number of carbonyl (C=O) groups excluding carboxylic acids is 1. The van der Waals surface area contributed by atoms with Crippen molar-refractivity contribution in [2.45, 2.75) is 0 Å². The maximum atomic E-state index is 11.9. The van der Waals surface area contributed by atoms with Crippen LogP contribution in [0, 0.1) is 0 Å². The van der Waals surface area contributed by atoms with E-state index < -0.39 is 0 Å². The number of thiazole rings is 1. The van der Waals surface area contributed by atoms with Crippen LogP contribution in [0.25, 0.3) is 0 Å². The molecule has 7 heteroatoms. The molecular weight excluding hydrogens is 366 g/mol. The van der Waals surface area contributed by atoms with Crippen LogP contribution in [0.15, 0.2) is 58.0 Å². The number of amides is 1. The van der Waals surface area contributed by atoms with Crippen LogP contribution in [-0.4, -0.2) is 15.9 Å². The summed E-state index contributed by atoms with van der Waals surface area (Å²) in [4.78, 5) is 20.0. The predicted molar refractivity (Wildman–Crippen MR) is 88.5 cm³/mol. The number of halogens is 1. The van der Waals surface area contributed by atoms with Crippen molar-refractivity contribution in [2.24, 2.45) is 0 Å². The van der Waals surface area contributed by atoms with Gasteiger partial charge in [-0.3, -0.25) is 4.79 Å². The summed E-state index contributed by atoms with van der Waals surface area (Å²) >= 11 is 4.75. The fraction of sp³-hybridized carbons (Fsp3) is 0. The molecule has 0 radical (unpaired) electrons. The van der Waals surface area contributed by atoms with Gasteiger partial charge in [-0.05, 0) is 24.3 Å². The Bertz CT molecular complexity index is 776. The van der Waals surface area contributed by atoms with Crippen LogP contribution in [-0.2, 0) is 0 Å². The average Bonchev–Trinajstić information content (AvgIpc) is 3.04. The molecule has 0 saturated carbocycles. The number of nitrogens with zero attached hydrogens (tertiary/aromatic N) is 2. The minimum atomic E-state index is -0.260. The molecule has 0 saturated heterocycles. The molecule has 3 aromatic rings. The van der Waals surface area contributed by atoms with Crippen LogP contribution in [0.5, 0.6) is 11.6 Å². The molecular formula is C15H10BrN3O2S. The summed E-state index contributed by atoms with van der Waals surface area (Å²) in [5.41, 5.74) is 2.58. The smallest absolute Gasteiger partial charge is 0.275 e. The zero-order chi connectivity index (χ0) is 15.4. The van der Waals surface area contributed by atoms with Gasteiger partial charge < -0.3 is 10.1 Å². The van der Waals surface area contributed by atoms with Gasteiger partial charge in [0.05, 0.1) is 17.4 Å². The van der Waals surface area contributed by atoms with Gasteiger partial charge in [0.2, 0.25) is 5.88 Å². The molecule has 0 atom stereocenters. The summed E-state index contributed by atoms with van der Waals surface area (Å²) in [7, 11) is 0. The summed E-state index contributed by atoms with van der Waals surface area (Å²) in [6.07, 6.45) is 1.54. The molecule has 2 heterocycles. The summed E-state index contributed by atoms with van der Waals surface area (Å²) < 4.78 is 6.55. The Hall–Kier alpha value is -2.25. The molecule has 22 heavy (non-hydrogen) atoms. The Morgan fingerprint density at radius 2 is 2.14 bits per heavy atom. The monoisotopic (exact) mass is 375 g/mol. The third kappa shape index (κ3) is 3.69. The lowest BCUT2D eigenvalue weighted by Gasteiger charge is -2.06. The molecule has 110 valence electrons. The molecule has 3 rings (SSSR count). The van der Waals surface area contributed by atoms with Crippen LogP contribution in [0.4, 0.5) is 5.69 Å². The lowest BCUT2D eigenvalue weighted by molar-refractivity contribution is 0.102. The van der Waals surface area contributed by atoms with Crippen LogP contribution < -0.4 is 10.1 Å². The van der Waals surface area contributed by atoms with E-state index in [0.717, 1.165) is 4.47 Å². The highest BCUT2D eigenvalue weighted by molar-refractivity contribution is 9.10. The first kappa shape index (κ1) is 14.7. The third-order valence-electron chi connectivity index (χ3n) is 2.68. The first-order chi connectivity index (χ1) is 10.7. The topological polar surface area (TPSA) is 64.1 Å². The van der Waals surface area contributed by atoms with Gasteiger partial charge >= 0.3 is 0 Å². The quantitative estimate of drug-likeness (QED) is 0.736.